The maximum absolute atomic E-state index is 12.5. The number of rotatable bonds is 10. The molecule has 2 rings (SSSR count). The molecule has 0 saturated heterocycles. The van der Waals surface area contributed by atoms with Crippen LogP contribution in [0.3, 0.4) is 0 Å². The molecule has 0 bridgehead atoms. The highest BCUT2D eigenvalue weighted by Gasteiger charge is 2.13. The Morgan fingerprint density at radius 1 is 1.00 bits per heavy atom. The van der Waals surface area contributed by atoms with E-state index in [4.69, 9.17) is 0 Å². The van der Waals surface area contributed by atoms with Crippen LogP contribution in [0.1, 0.15) is 32.3 Å². The van der Waals surface area contributed by atoms with Crippen molar-refractivity contribution >= 4 is 17.9 Å². The maximum Gasteiger partial charge on any atom is 0.256 e. The number of carbonyl (C=O) groups is 1. The summed E-state index contributed by atoms with van der Waals surface area (Å²) in [5, 5.41) is 0. The van der Waals surface area contributed by atoms with Gasteiger partial charge in [-0.25, -0.2) is 0 Å². The summed E-state index contributed by atoms with van der Waals surface area (Å²) in [4.78, 5) is 13.6. The van der Waals surface area contributed by atoms with Crippen LogP contribution in [0.25, 0.3) is 0 Å². The second kappa shape index (κ2) is 12.2. The highest BCUT2D eigenvalue weighted by molar-refractivity contribution is 7.97. The quantitative estimate of drug-likeness (QED) is 0.208. The van der Waals surface area contributed by atoms with Crippen LogP contribution in [-0.2, 0) is 11.2 Å². The predicted octanol–water partition coefficient (Wildman–Crippen LogP) is 6.31. The number of amides is 1. The van der Waals surface area contributed by atoms with Crippen LogP contribution in [0.5, 0.6) is 0 Å². The Kier molecular flexibility index (Phi) is 9.50. The van der Waals surface area contributed by atoms with Crippen molar-refractivity contribution in [3.63, 3.8) is 0 Å². The van der Waals surface area contributed by atoms with E-state index >= 15 is 0 Å². The van der Waals surface area contributed by atoms with E-state index in [0.717, 1.165) is 30.7 Å². The summed E-state index contributed by atoms with van der Waals surface area (Å²) in [5.74, 6) is 0.457. The number of hydrogen-bond donors (Lipinski definition) is 0. The van der Waals surface area contributed by atoms with E-state index in [1.54, 1.807) is 6.08 Å². The number of carbonyl (C=O) groups excluding carboxylic acids is 1. The first-order valence-corrected chi connectivity index (χ1v) is 10.3. The van der Waals surface area contributed by atoms with Gasteiger partial charge in [0.15, 0.2) is 0 Å². The Hall–Kier alpha value is -2.26. The zero-order valence-electron chi connectivity index (χ0n) is 16.3. The van der Waals surface area contributed by atoms with Crippen LogP contribution in [0.15, 0.2) is 89.9 Å². The standard InChI is InChI=1S/C24H29NOS/c1-21(2)20-25(27-23-17-11-7-12-18-23)24(26)19-13-5-3-4-8-14-22-15-9-6-10-16-22/h3,5-7,9-13,15-19,21H,4,8,14,20H2,1-2H3/b5-3+,19-13+. The lowest BCUT2D eigenvalue weighted by Crippen LogP contribution is -2.26. The SMILES string of the molecule is CC(C)CN(Sc1ccccc1)C(=O)/C=C/C=C/CCCc1ccccc1. The Labute approximate surface area is 168 Å². The third kappa shape index (κ3) is 8.78. The molecule has 0 spiro atoms. The van der Waals surface area contributed by atoms with Gasteiger partial charge in [-0.1, -0.05) is 80.6 Å². The average molecular weight is 380 g/mol. The summed E-state index contributed by atoms with van der Waals surface area (Å²) in [5.41, 5.74) is 1.37. The molecule has 0 N–H and O–H groups in total. The number of hydrogen-bond acceptors (Lipinski definition) is 2. The minimum atomic E-state index is 0.0338. The smallest absolute Gasteiger partial charge is 0.256 e. The molecule has 1 amide bonds. The third-order valence-corrected chi connectivity index (χ3v) is 4.93. The number of aryl methyl sites for hydroxylation is 1. The lowest BCUT2D eigenvalue weighted by Gasteiger charge is -2.21. The first-order chi connectivity index (χ1) is 13.1. The van der Waals surface area contributed by atoms with Gasteiger partial charge in [0, 0.05) is 17.5 Å². The van der Waals surface area contributed by atoms with Crippen LogP contribution in [0, 0.1) is 5.92 Å². The Bertz CT molecular complexity index is 723. The molecule has 0 aliphatic carbocycles. The van der Waals surface area contributed by atoms with Gasteiger partial charge in [0.25, 0.3) is 5.91 Å². The molecule has 0 heterocycles. The minimum Gasteiger partial charge on any atom is -0.278 e. The van der Waals surface area contributed by atoms with Crippen LogP contribution in [0.2, 0.25) is 0 Å². The number of unbranched alkanes of at least 4 members (excludes halogenated alkanes) is 1. The largest absolute Gasteiger partial charge is 0.278 e. The molecular weight excluding hydrogens is 350 g/mol. The molecular formula is C24H29NOS. The lowest BCUT2D eigenvalue weighted by molar-refractivity contribution is -0.121. The molecule has 0 radical (unpaired) electrons. The summed E-state index contributed by atoms with van der Waals surface area (Å²) >= 11 is 1.50. The van der Waals surface area contributed by atoms with Crippen molar-refractivity contribution in [2.45, 2.75) is 38.0 Å². The van der Waals surface area contributed by atoms with E-state index in [9.17, 15) is 4.79 Å². The van der Waals surface area contributed by atoms with E-state index in [0.29, 0.717) is 5.92 Å². The van der Waals surface area contributed by atoms with Crippen LogP contribution in [-0.4, -0.2) is 16.8 Å². The molecule has 27 heavy (non-hydrogen) atoms. The van der Waals surface area contributed by atoms with Gasteiger partial charge in [-0.05, 0) is 54.8 Å². The number of nitrogens with zero attached hydrogens (tertiary/aromatic N) is 1. The second-order valence-corrected chi connectivity index (χ2v) is 7.96. The van der Waals surface area contributed by atoms with Crippen molar-refractivity contribution in [2.24, 2.45) is 5.92 Å². The van der Waals surface area contributed by atoms with Crippen molar-refractivity contribution < 1.29 is 4.79 Å². The maximum atomic E-state index is 12.5. The fourth-order valence-corrected chi connectivity index (χ4v) is 3.63. The zero-order valence-corrected chi connectivity index (χ0v) is 17.1. The minimum absolute atomic E-state index is 0.0338. The normalized spacial score (nSPS) is 11.5. The van der Waals surface area contributed by atoms with Crippen molar-refractivity contribution in [1.29, 1.82) is 0 Å². The van der Waals surface area contributed by atoms with Crippen LogP contribution < -0.4 is 0 Å². The van der Waals surface area contributed by atoms with Crippen molar-refractivity contribution in [2.75, 3.05) is 6.54 Å². The molecule has 0 fully saturated rings. The molecule has 0 atom stereocenters. The van der Waals surface area contributed by atoms with E-state index in [1.807, 2.05) is 52.9 Å². The molecule has 0 aromatic heterocycles. The fraction of sp³-hybridized carbons (Fsp3) is 0.292. The predicted molar refractivity (Wildman–Crippen MR) is 117 cm³/mol. The van der Waals surface area contributed by atoms with E-state index in [1.165, 1.54) is 17.5 Å². The van der Waals surface area contributed by atoms with Gasteiger partial charge in [0.1, 0.15) is 0 Å². The van der Waals surface area contributed by atoms with E-state index in [2.05, 4.69) is 44.2 Å². The van der Waals surface area contributed by atoms with Gasteiger partial charge in [-0.2, -0.15) is 0 Å². The van der Waals surface area contributed by atoms with Crippen molar-refractivity contribution in [1.82, 2.24) is 4.31 Å². The van der Waals surface area contributed by atoms with Crippen LogP contribution >= 0.6 is 11.9 Å². The topological polar surface area (TPSA) is 20.3 Å². The van der Waals surface area contributed by atoms with Gasteiger partial charge in [-0.3, -0.25) is 9.10 Å². The third-order valence-electron chi connectivity index (χ3n) is 3.90. The van der Waals surface area contributed by atoms with Gasteiger partial charge in [0.05, 0.1) is 0 Å². The van der Waals surface area contributed by atoms with Gasteiger partial charge >= 0.3 is 0 Å². The number of benzene rings is 2. The Morgan fingerprint density at radius 3 is 2.33 bits per heavy atom. The Balaban J connectivity index is 1.78. The molecule has 2 aromatic rings. The zero-order chi connectivity index (χ0) is 19.3. The second-order valence-electron chi connectivity index (χ2n) is 6.86. The molecule has 0 aliphatic heterocycles. The first kappa shape index (κ1) is 21.0. The highest BCUT2D eigenvalue weighted by Crippen LogP contribution is 2.23. The average Bonchev–Trinajstić information content (AvgIpc) is 2.68. The summed E-state index contributed by atoms with van der Waals surface area (Å²) < 4.78 is 1.83. The fourth-order valence-electron chi connectivity index (χ4n) is 2.58. The van der Waals surface area contributed by atoms with Crippen molar-refractivity contribution in [3.8, 4) is 0 Å². The summed E-state index contributed by atoms with van der Waals surface area (Å²) in [6, 6.07) is 20.6. The first-order valence-electron chi connectivity index (χ1n) is 9.57. The van der Waals surface area contributed by atoms with Gasteiger partial charge < -0.3 is 0 Å². The molecule has 0 unspecified atom stereocenters. The summed E-state index contributed by atoms with van der Waals surface area (Å²) in [7, 11) is 0. The molecule has 3 heteroatoms. The molecule has 0 aliphatic rings. The highest BCUT2D eigenvalue weighted by atomic mass is 32.2. The molecule has 2 nitrogen and oxygen atoms in total. The summed E-state index contributed by atoms with van der Waals surface area (Å²) in [6.45, 7) is 4.98. The molecule has 142 valence electrons. The molecule has 2 aromatic carbocycles. The van der Waals surface area contributed by atoms with Crippen LogP contribution in [0.4, 0.5) is 0 Å². The van der Waals surface area contributed by atoms with Gasteiger partial charge in [-0.15, -0.1) is 0 Å². The van der Waals surface area contributed by atoms with E-state index < -0.39 is 0 Å². The van der Waals surface area contributed by atoms with E-state index in [-0.39, 0.29) is 5.91 Å². The Morgan fingerprint density at radius 2 is 1.67 bits per heavy atom. The monoisotopic (exact) mass is 379 g/mol. The van der Waals surface area contributed by atoms with Crippen molar-refractivity contribution in [3.05, 3.63) is 90.5 Å². The summed E-state index contributed by atoms with van der Waals surface area (Å²) in [6.07, 6.45) is 10.8. The number of allylic oxidation sites excluding steroid dienone is 3. The lowest BCUT2D eigenvalue weighted by atomic mass is 10.1. The molecule has 0 saturated carbocycles. The van der Waals surface area contributed by atoms with Gasteiger partial charge in [0.2, 0.25) is 0 Å².